The van der Waals surface area contributed by atoms with Crippen LogP contribution in [0.4, 0.5) is 0 Å². The summed E-state index contributed by atoms with van der Waals surface area (Å²) in [5.41, 5.74) is 6.16. The van der Waals surface area contributed by atoms with Gasteiger partial charge in [-0.05, 0) is 49.9 Å². The maximum atomic E-state index is 6.16. The first-order valence-corrected chi connectivity index (χ1v) is 7.05. The summed E-state index contributed by atoms with van der Waals surface area (Å²) in [5, 5.41) is 0. The van der Waals surface area contributed by atoms with Gasteiger partial charge in [-0.3, -0.25) is 0 Å². The van der Waals surface area contributed by atoms with Crippen LogP contribution in [0.2, 0.25) is 0 Å². The second kappa shape index (κ2) is 5.34. The molecule has 0 aromatic heterocycles. The minimum absolute atomic E-state index is 0.534. The lowest BCUT2D eigenvalue weighted by molar-refractivity contribution is 0.240. The summed E-state index contributed by atoms with van der Waals surface area (Å²) in [5.74, 6) is 2.94. The van der Waals surface area contributed by atoms with Gasteiger partial charge in [0.15, 0.2) is 0 Å². The van der Waals surface area contributed by atoms with Gasteiger partial charge in [0.05, 0.1) is 0 Å². The van der Waals surface area contributed by atoms with Crippen molar-refractivity contribution in [3.05, 3.63) is 0 Å². The van der Waals surface area contributed by atoms with Gasteiger partial charge in [-0.15, -0.1) is 0 Å². The average Bonchev–Trinajstić information content (AvgIpc) is 3.10. The van der Waals surface area contributed by atoms with E-state index in [1.54, 1.807) is 0 Å². The zero-order chi connectivity index (χ0) is 10.7. The van der Waals surface area contributed by atoms with Gasteiger partial charge in [-0.25, -0.2) is 0 Å². The molecule has 0 aromatic rings. The molecule has 2 rings (SSSR count). The summed E-state index contributed by atoms with van der Waals surface area (Å²) in [7, 11) is 0. The fourth-order valence-corrected chi connectivity index (χ4v) is 3.22. The minimum atomic E-state index is 0.534. The van der Waals surface area contributed by atoms with E-state index < -0.39 is 0 Å². The summed E-state index contributed by atoms with van der Waals surface area (Å²) in [4.78, 5) is 0. The Hall–Kier alpha value is -0.0400. The Kier molecular flexibility index (Phi) is 4.07. The molecule has 0 spiro atoms. The Morgan fingerprint density at radius 1 is 1.13 bits per heavy atom. The molecule has 0 radical (unpaired) electrons. The van der Waals surface area contributed by atoms with Crippen LogP contribution in [0, 0.1) is 17.8 Å². The fraction of sp³-hybridized carbons (Fsp3) is 1.00. The van der Waals surface area contributed by atoms with Gasteiger partial charge in [0.2, 0.25) is 0 Å². The highest BCUT2D eigenvalue weighted by atomic mass is 14.7. The van der Waals surface area contributed by atoms with Gasteiger partial charge < -0.3 is 5.73 Å². The van der Waals surface area contributed by atoms with Crippen molar-refractivity contribution in [3.8, 4) is 0 Å². The zero-order valence-corrected chi connectivity index (χ0v) is 10.3. The molecular weight excluding hydrogens is 182 g/mol. The number of rotatable bonds is 5. The molecule has 2 aliphatic carbocycles. The van der Waals surface area contributed by atoms with Gasteiger partial charge in [-0.1, -0.05) is 32.6 Å². The summed E-state index contributed by atoms with van der Waals surface area (Å²) in [6, 6.07) is 0.534. The topological polar surface area (TPSA) is 26.0 Å². The van der Waals surface area contributed by atoms with Crippen LogP contribution in [0.25, 0.3) is 0 Å². The van der Waals surface area contributed by atoms with E-state index in [1.165, 1.54) is 57.8 Å². The summed E-state index contributed by atoms with van der Waals surface area (Å²) < 4.78 is 0. The predicted molar refractivity (Wildman–Crippen MR) is 65.7 cm³/mol. The number of hydrogen-bond acceptors (Lipinski definition) is 1. The average molecular weight is 209 g/mol. The molecule has 1 heteroatoms. The van der Waals surface area contributed by atoms with Crippen molar-refractivity contribution in [1.29, 1.82) is 0 Å². The van der Waals surface area contributed by atoms with Crippen LogP contribution in [-0.4, -0.2) is 6.04 Å². The van der Waals surface area contributed by atoms with Crippen LogP contribution in [0.5, 0.6) is 0 Å². The molecule has 2 aliphatic rings. The molecular formula is C14H27N. The van der Waals surface area contributed by atoms with Crippen LogP contribution in [0.1, 0.15) is 64.7 Å². The first-order valence-electron chi connectivity index (χ1n) is 7.05. The van der Waals surface area contributed by atoms with E-state index in [-0.39, 0.29) is 0 Å². The van der Waals surface area contributed by atoms with Crippen molar-refractivity contribution in [2.75, 3.05) is 0 Å². The molecule has 2 saturated carbocycles. The Morgan fingerprint density at radius 2 is 1.87 bits per heavy atom. The molecule has 3 atom stereocenters. The normalized spacial score (nSPS) is 34.0. The largest absolute Gasteiger partial charge is 0.327 e. The highest BCUT2D eigenvalue weighted by molar-refractivity contribution is 4.84. The fourth-order valence-electron chi connectivity index (χ4n) is 3.22. The van der Waals surface area contributed by atoms with Crippen LogP contribution >= 0.6 is 0 Å². The Bertz CT molecular complexity index is 186. The van der Waals surface area contributed by atoms with Crippen molar-refractivity contribution in [1.82, 2.24) is 0 Å². The van der Waals surface area contributed by atoms with Gasteiger partial charge >= 0.3 is 0 Å². The van der Waals surface area contributed by atoms with E-state index in [9.17, 15) is 0 Å². The van der Waals surface area contributed by atoms with Crippen molar-refractivity contribution in [2.24, 2.45) is 23.5 Å². The molecule has 3 unspecified atom stereocenters. The van der Waals surface area contributed by atoms with E-state index >= 15 is 0 Å². The quantitative estimate of drug-likeness (QED) is 0.733. The molecule has 0 aliphatic heterocycles. The highest BCUT2D eigenvalue weighted by Gasteiger charge is 2.29. The lowest BCUT2D eigenvalue weighted by Crippen LogP contribution is -2.24. The minimum Gasteiger partial charge on any atom is -0.327 e. The van der Waals surface area contributed by atoms with E-state index in [4.69, 9.17) is 5.73 Å². The second-order valence-corrected chi connectivity index (χ2v) is 5.89. The first-order chi connectivity index (χ1) is 7.29. The third-order valence-corrected chi connectivity index (χ3v) is 4.60. The molecule has 2 fully saturated rings. The third kappa shape index (κ3) is 3.48. The van der Waals surface area contributed by atoms with Crippen molar-refractivity contribution in [3.63, 3.8) is 0 Å². The standard InChI is InChI=1S/C14H27N/c1-2-11-4-3-5-12(10-11)6-9-14(15)13-7-8-13/h11-14H,2-10,15H2,1H3. The molecule has 2 N–H and O–H groups in total. The van der Waals surface area contributed by atoms with E-state index in [2.05, 4.69) is 6.92 Å². The van der Waals surface area contributed by atoms with Crippen molar-refractivity contribution < 1.29 is 0 Å². The molecule has 0 aromatic carbocycles. The van der Waals surface area contributed by atoms with E-state index in [0.717, 1.165) is 17.8 Å². The molecule has 0 heterocycles. The summed E-state index contributed by atoms with van der Waals surface area (Å²) >= 11 is 0. The van der Waals surface area contributed by atoms with E-state index in [0.29, 0.717) is 6.04 Å². The summed E-state index contributed by atoms with van der Waals surface area (Å²) in [6.07, 6.45) is 12.9. The van der Waals surface area contributed by atoms with Crippen LogP contribution < -0.4 is 5.73 Å². The SMILES string of the molecule is CCC1CCCC(CCC(N)C2CC2)C1. The molecule has 15 heavy (non-hydrogen) atoms. The molecule has 88 valence electrons. The van der Waals surface area contributed by atoms with Gasteiger partial charge in [-0.2, -0.15) is 0 Å². The lowest BCUT2D eigenvalue weighted by Gasteiger charge is -2.29. The van der Waals surface area contributed by atoms with Crippen LogP contribution in [-0.2, 0) is 0 Å². The monoisotopic (exact) mass is 209 g/mol. The molecule has 0 bridgehead atoms. The summed E-state index contributed by atoms with van der Waals surface area (Å²) in [6.45, 7) is 2.35. The van der Waals surface area contributed by atoms with Gasteiger partial charge in [0.25, 0.3) is 0 Å². The molecule has 0 amide bonds. The molecule has 1 nitrogen and oxygen atoms in total. The van der Waals surface area contributed by atoms with Crippen molar-refractivity contribution in [2.45, 2.75) is 70.8 Å². The van der Waals surface area contributed by atoms with Crippen LogP contribution in [0.3, 0.4) is 0 Å². The van der Waals surface area contributed by atoms with Crippen LogP contribution in [0.15, 0.2) is 0 Å². The van der Waals surface area contributed by atoms with Crippen molar-refractivity contribution >= 4 is 0 Å². The maximum absolute atomic E-state index is 6.16. The zero-order valence-electron chi connectivity index (χ0n) is 10.3. The Labute approximate surface area is 94.8 Å². The molecule has 0 saturated heterocycles. The first kappa shape index (κ1) is 11.4. The smallest absolute Gasteiger partial charge is 0.00672 e. The Morgan fingerprint density at radius 3 is 2.53 bits per heavy atom. The van der Waals surface area contributed by atoms with E-state index in [1.807, 2.05) is 0 Å². The van der Waals surface area contributed by atoms with Gasteiger partial charge in [0.1, 0.15) is 0 Å². The lowest BCUT2D eigenvalue weighted by atomic mass is 9.78. The maximum Gasteiger partial charge on any atom is 0.00672 e. The highest BCUT2D eigenvalue weighted by Crippen LogP contribution is 2.37. The number of hydrogen-bond donors (Lipinski definition) is 1. The third-order valence-electron chi connectivity index (χ3n) is 4.60. The Balaban J connectivity index is 1.64. The predicted octanol–water partition coefficient (Wildman–Crippen LogP) is 3.72. The van der Waals surface area contributed by atoms with Gasteiger partial charge in [0, 0.05) is 6.04 Å². The second-order valence-electron chi connectivity index (χ2n) is 5.89. The number of nitrogens with two attached hydrogens (primary N) is 1.